The highest BCUT2D eigenvalue weighted by Gasteiger charge is 2.34. The van der Waals surface area contributed by atoms with Crippen LogP contribution in [0, 0.1) is 11.3 Å². The molecule has 172 valence electrons. The van der Waals surface area contributed by atoms with Gasteiger partial charge in [-0.25, -0.2) is 0 Å². The molecule has 8 heteroatoms. The fourth-order valence-corrected chi connectivity index (χ4v) is 3.92. The summed E-state index contributed by atoms with van der Waals surface area (Å²) < 4.78 is 5.00. The Bertz CT molecular complexity index is 770. The lowest BCUT2D eigenvalue weighted by atomic mass is 9.87. The first-order valence-corrected chi connectivity index (χ1v) is 11.1. The van der Waals surface area contributed by atoms with E-state index in [2.05, 4.69) is 10.6 Å². The summed E-state index contributed by atoms with van der Waals surface area (Å²) in [5.41, 5.74) is 0.261. The van der Waals surface area contributed by atoms with E-state index in [1.165, 1.54) is 0 Å². The van der Waals surface area contributed by atoms with Gasteiger partial charge in [0.05, 0.1) is 17.2 Å². The quantitative estimate of drug-likeness (QED) is 0.595. The molecule has 0 radical (unpaired) electrons. The second kappa shape index (κ2) is 11.5. The highest BCUT2D eigenvalue weighted by molar-refractivity contribution is 6.33. The Labute approximate surface area is 189 Å². The summed E-state index contributed by atoms with van der Waals surface area (Å²) in [6.45, 7) is 8.02. The first-order valence-electron chi connectivity index (χ1n) is 10.7. The number of carbonyl (C=O) groups excluding carboxylic acids is 3. The van der Waals surface area contributed by atoms with E-state index in [1.54, 1.807) is 31.4 Å². The van der Waals surface area contributed by atoms with Crippen LogP contribution in [0.3, 0.4) is 0 Å². The molecule has 0 saturated carbocycles. The topological polar surface area (TPSA) is 87.7 Å². The summed E-state index contributed by atoms with van der Waals surface area (Å²) in [7, 11) is 1.56. The Balaban J connectivity index is 2.07. The highest BCUT2D eigenvalue weighted by Crippen LogP contribution is 2.25. The molecule has 2 N–H and O–H groups in total. The van der Waals surface area contributed by atoms with E-state index in [0.717, 1.165) is 0 Å². The van der Waals surface area contributed by atoms with Crippen molar-refractivity contribution in [1.82, 2.24) is 15.5 Å². The maximum Gasteiger partial charge on any atom is 0.253 e. The van der Waals surface area contributed by atoms with Crippen LogP contribution in [-0.2, 0) is 14.3 Å². The molecule has 0 aromatic heterocycles. The fraction of sp³-hybridized carbons (Fsp3) is 0.609. The first kappa shape index (κ1) is 25.1. The number of ether oxygens (including phenoxy) is 1. The van der Waals surface area contributed by atoms with Crippen LogP contribution in [0.5, 0.6) is 0 Å². The van der Waals surface area contributed by atoms with Crippen LogP contribution in [0.25, 0.3) is 0 Å². The predicted octanol–water partition coefficient (Wildman–Crippen LogP) is 2.88. The van der Waals surface area contributed by atoms with Crippen LogP contribution in [0.1, 0.15) is 50.4 Å². The lowest BCUT2D eigenvalue weighted by Crippen LogP contribution is -2.54. The second-order valence-electron chi connectivity index (χ2n) is 9.17. The third kappa shape index (κ3) is 7.82. The van der Waals surface area contributed by atoms with E-state index in [9.17, 15) is 14.4 Å². The minimum Gasteiger partial charge on any atom is -0.383 e. The SMILES string of the molecule is COCCNC(=O)[C@H](NC(=O)c1ccccc1Cl)C1CCN(C(=O)CC(C)(C)C)CC1. The van der Waals surface area contributed by atoms with Gasteiger partial charge >= 0.3 is 0 Å². The number of hydrogen-bond acceptors (Lipinski definition) is 4. The Morgan fingerprint density at radius 2 is 1.84 bits per heavy atom. The van der Waals surface area contributed by atoms with E-state index in [1.807, 2.05) is 25.7 Å². The number of amides is 3. The number of rotatable bonds is 8. The fourth-order valence-electron chi connectivity index (χ4n) is 3.70. The smallest absolute Gasteiger partial charge is 0.253 e. The number of likely N-dealkylation sites (tertiary alicyclic amines) is 1. The number of methoxy groups -OCH3 is 1. The molecule has 2 rings (SSSR count). The van der Waals surface area contributed by atoms with Crippen molar-refractivity contribution >= 4 is 29.3 Å². The van der Waals surface area contributed by atoms with E-state index in [0.29, 0.717) is 56.1 Å². The standard InChI is InChI=1S/C23H34ClN3O4/c1-23(2,3)15-19(28)27-12-9-16(10-13-27)20(22(30)25-11-14-31-4)26-21(29)17-7-5-6-8-18(17)24/h5-8,16,20H,9-15H2,1-4H3,(H,25,30)(H,26,29)/t20-/m1/s1. The lowest BCUT2D eigenvalue weighted by molar-refractivity contribution is -0.134. The van der Waals surface area contributed by atoms with Gasteiger partial charge in [0, 0.05) is 33.2 Å². The summed E-state index contributed by atoms with van der Waals surface area (Å²) in [6, 6.07) is 6.04. The second-order valence-corrected chi connectivity index (χ2v) is 9.58. The first-order chi connectivity index (χ1) is 14.6. The monoisotopic (exact) mass is 451 g/mol. The molecule has 1 saturated heterocycles. The number of piperidine rings is 1. The van der Waals surface area contributed by atoms with Gasteiger partial charge in [-0.1, -0.05) is 44.5 Å². The van der Waals surface area contributed by atoms with Gasteiger partial charge in [-0.15, -0.1) is 0 Å². The van der Waals surface area contributed by atoms with Crippen LogP contribution in [0.15, 0.2) is 24.3 Å². The van der Waals surface area contributed by atoms with Gasteiger partial charge in [0.2, 0.25) is 11.8 Å². The molecule has 0 aliphatic carbocycles. The van der Waals surface area contributed by atoms with Crippen LogP contribution < -0.4 is 10.6 Å². The zero-order chi connectivity index (χ0) is 23.0. The number of carbonyl (C=O) groups is 3. The normalized spacial score (nSPS) is 16.0. The van der Waals surface area contributed by atoms with Crippen molar-refractivity contribution in [3.63, 3.8) is 0 Å². The zero-order valence-electron chi connectivity index (χ0n) is 18.9. The molecule has 1 aliphatic rings. The molecule has 0 spiro atoms. The van der Waals surface area contributed by atoms with Gasteiger partial charge in [-0.2, -0.15) is 0 Å². The minimum absolute atomic E-state index is 0.0688. The summed E-state index contributed by atoms with van der Waals surface area (Å²) in [4.78, 5) is 40.1. The highest BCUT2D eigenvalue weighted by atomic mass is 35.5. The average Bonchev–Trinajstić information content (AvgIpc) is 2.71. The van der Waals surface area contributed by atoms with Gasteiger partial charge < -0.3 is 20.3 Å². The van der Waals surface area contributed by atoms with Crippen LogP contribution in [0.4, 0.5) is 0 Å². The maximum absolute atomic E-state index is 12.9. The summed E-state index contributed by atoms with van der Waals surface area (Å²) >= 11 is 6.15. The Hall–Kier alpha value is -2.12. The van der Waals surface area contributed by atoms with Crippen molar-refractivity contribution in [2.75, 3.05) is 33.4 Å². The van der Waals surface area contributed by atoms with Crippen LogP contribution in [-0.4, -0.2) is 62.0 Å². The number of benzene rings is 1. The Morgan fingerprint density at radius 1 is 1.19 bits per heavy atom. The molecule has 1 aliphatic heterocycles. The van der Waals surface area contributed by atoms with Gasteiger partial charge in [0.25, 0.3) is 5.91 Å². The molecule has 0 unspecified atom stereocenters. The average molecular weight is 452 g/mol. The van der Waals surface area contributed by atoms with Crippen molar-refractivity contribution in [3.05, 3.63) is 34.9 Å². The molecule has 1 heterocycles. The Morgan fingerprint density at radius 3 is 2.42 bits per heavy atom. The van der Waals surface area contributed by atoms with Crippen molar-refractivity contribution < 1.29 is 19.1 Å². The summed E-state index contributed by atoms with van der Waals surface area (Å²) in [6.07, 6.45) is 1.77. The zero-order valence-corrected chi connectivity index (χ0v) is 19.6. The Kier molecular flexibility index (Phi) is 9.32. The van der Waals surface area contributed by atoms with Crippen molar-refractivity contribution in [3.8, 4) is 0 Å². The van der Waals surface area contributed by atoms with E-state index in [-0.39, 0.29) is 29.1 Å². The molecule has 1 aromatic rings. The summed E-state index contributed by atoms with van der Waals surface area (Å²) in [5.74, 6) is -0.583. The molecule has 1 aromatic carbocycles. The number of nitrogens with one attached hydrogen (secondary N) is 2. The molecule has 1 fully saturated rings. The molecule has 1 atom stereocenters. The lowest BCUT2D eigenvalue weighted by Gasteiger charge is -2.36. The van der Waals surface area contributed by atoms with Gasteiger partial charge in [0.15, 0.2) is 0 Å². The number of hydrogen-bond donors (Lipinski definition) is 2. The minimum atomic E-state index is -0.708. The van der Waals surface area contributed by atoms with Gasteiger partial charge in [-0.05, 0) is 36.3 Å². The van der Waals surface area contributed by atoms with Gasteiger partial charge in [0.1, 0.15) is 6.04 Å². The van der Waals surface area contributed by atoms with E-state index < -0.39 is 6.04 Å². The van der Waals surface area contributed by atoms with Gasteiger partial charge in [-0.3, -0.25) is 14.4 Å². The van der Waals surface area contributed by atoms with Crippen molar-refractivity contribution in [1.29, 1.82) is 0 Å². The molecular formula is C23H34ClN3O4. The van der Waals surface area contributed by atoms with Crippen molar-refractivity contribution in [2.24, 2.45) is 11.3 Å². The third-order valence-corrected chi connectivity index (χ3v) is 5.67. The van der Waals surface area contributed by atoms with Crippen LogP contribution >= 0.6 is 11.6 Å². The molecule has 3 amide bonds. The third-order valence-electron chi connectivity index (χ3n) is 5.34. The predicted molar refractivity (Wildman–Crippen MR) is 121 cm³/mol. The number of nitrogens with zero attached hydrogens (tertiary/aromatic N) is 1. The molecular weight excluding hydrogens is 418 g/mol. The van der Waals surface area contributed by atoms with E-state index >= 15 is 0 Å². The largest absolute Gasteiger partial charge is 0.383 e. The van der Waals surface area contributed by atoms with E-state index in [4.69, 9.17) is 16.3 Å². The van der Waals surface area contributed by atoms with Crippen molar-refractivity contribution in [2.45, 2.75) is 46.1 Å². The number of halogens is 1. The molecule has 31 heavy (non-hydrogen) atoms. The summed E-state index contributed by atoms with van der Waals surface area (Å²) in [5, 5.41) is 6.03. The van der Waals surface area contributed by atoms with Crippen LogP contribution in [0.2, 0.25) is 5.02 Å². The molecule has 0 bridgehead atoms. The molecule has 7 nitrogen and oxygen atoms in total. The maximum atomic E-state index is 12.9.